The number of hydrogen-bond donors (Lipinski definition) is 1. The molecule has 1 N–H and O–H groups in total. The van der Waals surface area contributed by atoms with Gasteiger partial charge in [0, 0.05) is 4.88 Å². The van der Waals surface area contributed by atoms with Crippen molar-refractivity contribution in [2.45, 2.75) is 27.2 Å². The Morgan fingerprint density at radius 2 is 1.75 bits per heavy atom. The topological polar surface area (TPSA) is 90.9 Å². The van der Waals surface area contributed by atoms with Crippen LogP contribution < -0.4 is 10.1 Å². The summed E-state index contributed by atoms with van der Waals surface area (Å²) in [5.74, 6) is -1.20. The van der Waals surface area contributed by atoms with Crippen LogP contribution >= 0.6 is 11.3 Å². The van der Waals surface area contributed by atoms with Crippen molar-refractivity contribution in [2.24, 2.45) is 0 Å². The van der Waals surface area contributed by atoms with Gasteiger partial charge in [0.25, 0.3) is 5.91 Å². The van der Waals surface area contributed by atoms with Gasteiger partial charge in [-0.1, -0.05) is 19.1 Å². The minimum atomic E-state index is -0.665. The fourth-order valence-corrected chi connectivity index (χ4v) is 3.44. The van der Waals surface area contributed by atoms with Gasteiger partial charge in [0.15, 0.2) is 13.2 Å². The SMILES string of the molecule is CCc1ccc(OCC(=O)OCC(=O)Nc2sc(C)c(C)c2C(=O)OC)cc1. The van der Waals surface area contributed by atoms with E-state index in [1.54, 1.807) is 19.1 Å². The van der Waals surface area contributed by atoms with E-state index >= 15 is 0 Å². The maximum Gasteiger partial charge on any atom is 0.344 e. The summed E-state index contributed by atoms with van der Waals surface area (Å²) in [5, 5.41) is 2.96. The first kappa shape index (κ1) is 21.4. The number of benzene rings is 1. The Morgan fingerprint density at radius 1 is 1.07 bits per heavy atom. The number of carbonyl (C=O) groups is 3. The number of thiophene rings is 1. The van der Waals surface area contributed by atoms with Crippen molar-refractivity contribution in [2.75, 3.05) is 25.6 Å². The van der Waals surface area contributed by atoms with Crippen molar-refractivity contribution in [3.63, 3.8) is 0 Å². The summed E-state index contributed by atoms with van der Waals surface area (Å²) in [6.45, 7) is 4.88. The summed E-state index contributed by atoms with van der Waals surface area (Å²) in [6, 6.07) is 7.37. The first-order valence-electron chi connectivity index (χ1n) is 8.71. The van der Waals surface area contributed by atoms with Crippen molar-refractivity contribution in [3.8, 4) is 5.75 Å². The lowest BCUT2D eigenvalue weighted by Crippen LogP contribution is -2.24. The van der Waals surface area contributed by atoms with Crippen molar-refractivity contribution < 1.29 is 28.6 Å². The van der Waals surface area contributed by atoms with Crippen LogP contribution in [0.3, 0.4) is 0 Å². The Labute approximate surface area is 167 Å². The molecule has 7 nitrogen and oxygen atoms in total. The van der Waals surface area contributed by atoms with E-state index in [0.717, 1.165) is 22.4 Å². The van der Waals surface area contributed by atoms with Crippen LogP contribution in [0.5, 0.6) is 5.75 Å². The minimum Gasteiger partial charge on any atom is -0.482 e. The van der Waals surface area contributed by atoms with E-state index in [0.29, 0.717) is 16.3 Å². The van der Waals surface area contributed by atoms with Gasteiger partial charge in [0.05, 0.1) is 12.7 Å². The van der Waals surface area contributed by atoms with Crippen LogP contribution in [0.2, 0.25) is 0 Å². The van der Waals surface area contributed by atoms with E-state index in [1.807, 2.05) is 26.0 Å². The normalized spacial score (nSPS) is 10.3. The third-order valence-corrected chi connectivity index (χ3v) is 5.20. The highest BCUT2D eigenvalue weighted by molar-refractivity contribution is 7.16. The van der Waals surface area contributed by atoms with Gasteiger partial charge in [-0.3, -0.25) is 4.79 Å². The molecule has 1 heterocycles. The third-order valence-electron chi connectivity index (χ3n) is 4.08. The summed E-state index contributed by atoms with van der Waals surface area (Å²) in [7, 11) is 1.28. The Balaban J connectivity index is 1.84. The highest BCUT2D eigenvalue weighted by atomic mass is 32.1. The average molecular weight is 405 g/mol. The first-order chi connectivity index (χ1) is 13.3. The number of methoxy groups -OCH3 is 1. The van der Waals surface area contributed by atoms with E-state index in [9.17, 15) is 14.4 Å². The van der Waals surface area contributed by atoms with Crippen LogP contribution in [0, 0.1) is 13.8 Å². The molecule has 1 amide bonds. The third kappa shape index (κ3) is 5.56. The van der Waals surface area contributed by atoms with Crippen molar-refractivity contribution in [3.05, 3.63) is 45.8 Å². The molecule has 0 aliphatic carbocycles. The van der Waals surface area contributed by atoms with Crippen molar-refractivity contribution in [1.29, 1.82) is 0 Å². The van der Waals surface area contributed by atoms with E-state index in [-0.39, 0.29) is 6.61 Å². The zero-order chi connectivity index (χ0) is 20.7. The molecule has 0 fully saturated rings. The second-order valence-electron chi connectivity index (χ2n) is 5.97. The summed E-state index contributed by atoms with van der Waals surface area (Å²) in [5.41, 5.74) is 2.21. The fourth-order valence-electron chi connectivity index (χ4n) is 2.38. The summed E-state index contributed by atoms with van der Waals surface area (Å²) in [4.78, 5) is 36.6. The largest absolute Gasteiger partial charge is 0.482 e. The number of aryl methyl sites for hydroxylation is 2. The highest BCUT2D eigenvalue weighted by Gasteiger charge is 2.22. The van der Waals surface area contributed by atoms with Gasteiger partial charge in [-0.25, -0.2) is 9.59 Å². The Kier molecular flexibility index (Phi) is 7.57. The average Bonchev–Trinajstić information content (AvgIpc) is 2.97. The molecule has 0 aliphatic rings. The van der Waals surface area contributed by atoms with Gasteiger partial charge in [-0.15, -0.1) is 11.3 Å². The van der Waals surface area contributed by atoms with Gasteiger partial charge in [0.1, 0.15) is 10.8 Å². The molecule has 0 radical (unpaired) electrons. The number of carbonyl (C=O) groups excluding carboxylic acids is 3. The Bertz CT molecular complexity index is 856. The van der Waals surface area contributed by atoms with Crippen LogP contribution in [0.15, 0.2) is 24.3 Å². The lowest BCUT2D eigenvalue weighted by Gasteiger charge is -2.08. The van der Waals surface area contributed by atoms with Crippen molar-refractivity contribution >= 4 is 34.2 Å². The predicted molar refractivity (Wildman–Crippen MR) is 106 cm³/mol. The maximum absolute atomic E-state index is 12.1. The number of hydrogen-bond acceptors (Lipinski definition) is 7. The Hall–Kier alpha value is -2.87. The molecule has 150 valence electrons. The molecule has 1 aromatic heterocycles. The van der Waals surface area contributed by atoms with Gasteiger partial charge in [0.2, 0.25) is 0 Å². The van der Waals surface area contributed by atoms with E-state index in [4.69, 9.17) is 14.2 Å². The molecule has 2 rings (SSSR count). The second-order valence-corrected chi connectivity index (χ2v) is 7.20. The van der Waals surface area contributed by atoms with Crippen molar-refractivity contribution in [1.82, 2.24) is 0 Å². The molecule has 0 spiro atoms. The van der Waals surface area contributed by atoms with E-state index in [1.165, 1.54) is 18.4 Å². The molecular formula is C20H23NO6S. The zero-order valence-electron chi connectivity index (χ0n) is 16.3. The molecule has 0 saturated heterocycles. The predicted octanol–water partition coefficient (Wildman–Crippen LogP) is 3.27. The van der Waals surface area contributed by atoms with Crippen LogP contribution in [0.25, 0.3) is 0 Å². The van der Waals surface area contributed by atoms with E-state index < -0.39 is 24.5 Å². The van der Waals surface area contributed by atoms with Gasteiger partial charge in [-0.2, -0.15) is 0 Å². The molecule has 1 aromatic carbocycles. The van der Waals surface area contributed by atoms with E-state index in [2.05, 4.69) is 5.32 Å². The van der Waals surface area contributed by atoms with Gasteiger partial charge in [-0.05, 0) is 43.5 Å². The molecular weight excluding hydrogens is 382 g/mol. The summed E-state index contributed by atoms with van der Waals surface area (Å²) >= 11 is 1.26. The molecule has 0 bridgehead atoms. The van der Waals surface area contributed by atoms with Crippen LogP contribution in [0.1, 0.15) is 33.3 Å². The molecule has 2 aromatic rings. The number of nitrogens with one attached hydrogen (secondary N) is 1. The summed E-state index contributed by atoms with van der Waals surface area (Å²) in [6.07, 6.45) is 0.915. The molecule has 0 unspecified atom stereocenters. The van der Waals surface area contributed by atoms with Crippen LogP contribution in [0.4, 0.5) is 5.00 Å². The number of ether oxygens (including phenoxy) is 3. The quantitative estimate of drug-likeness (QED) is 0.678. The summed E-state index contributed by atoms with van der Waals surface area (Å²) < 4.78 is 15.0. The van der Waals surface area contributed by atoms with Gasteiger partial charge >= 0.3 is 11.9 Å². The monoisotopic (exact) mass is 405 g/mol. The van der Waals surface area contributed by atoms with Crippen LogP contribution in [-0.4, -0.2) is 38.2 Å². The molecule has 0 atom stereocenters. The number of amides is 1. The molecule has 28 heavy (non-hydrogen) atoms. The first-order valence-corrected chi connectivity index (χ1v) is 9.52. The maximum atomic E-state index is 12.1. The molecule has 8 heteroatoms. The standard InChI is InChI=1S/C20H23NO6S/c1-5-14-6-8-15(9-7-14)26-11-17(23)27-10-16(22)21-19-18(20(24)25-4)12(2)13(3)28-19/h6-9H,5,10-11H2,1-4H3,(H,21,22). The molecule has 0 saturated carbocycles. The number of anilines is 1. The number of esters is 2. The molecule has 0 aliphatic heterocycles. The lowest BCUT2D eigenvalue weighted by molar-refractivity contribution is -0.149. The van der Waals surface area contributed by atoms with Gasteiger partial charge < -0.3 is 19.5 Å². The minimum absolute atomic E-state index is 0.302. The second kappa shape index (κ2) is 9.89. The fraction of sp³-hybridized carbons (Fsp3) is 0.350. The lowest BCUT2D eigenvalue weighted by atomic mass is 10.1. The smallest absolute Gasteiger partial charge is 0.344 e. The zero-order valence-corrected chi connectivity index (χ0v) is 17.1. The Morgan fingerprint density at radius 3 is 2.36 bits per heavy atom. The highest BCUT2D eigenvalue weighted by Crippen LogP contribution is 2.32. The number of rotatable bonds is 8. The van der Waals surface area contributed by atoms with Crippen LogP contribution in [-0.2, 0) is 25.5 Å².